The molecule has 0 bridgehead atoms. The molecule has 174 valence electrons. The van der Waals surface area contributed by atoms with E-state index in [0.717, 1.165) is 41.5 Å². The summed E-state index contributed by atoms with van der Waals surface area (Å²) in [5, 5.41) is 0.903. The standard InChI is InChI=1S/C26H37N3O3/c1-17(2)29(25(31)32-26(5,6)7)16-20-9-8-12-28(15-20)24(30)22-14-19(4)27-23-11-10-18(3)13-21(22)23/h10-11,13-14,17,20H,8-9,12,15-16H2,1-7H3. The second kappa shape index (κ2) is 9.47. The van der Waals surface area contributed by atoms with Crippen LogP contribution in [0.15, 0.2) is 24.3 Å². The maximum absolute atomic E-state index is 13.6. The van der Waals surface area contributed by atoms with Crippen molar-refractivity contribution in [3.05, 3.63) is 41.1 Å². The number of benzene rings is 1. The zero-order valence-corrected chi connectivity index (χ0v) is 20.6. The lowest BCUT2D eigenvalue weighted by atomic mass is 9.95. The van der Waals surface area contributed by atoms with Gasteiger partial charge in [-0.15, -0.1) is 0 Å². The summed E-state index contributed by atoms with van der Waals surface area (Å²) in [6.45, 7) is 15.6. The van der Waals surface area contributed by atoms with Gasteiger partial charge in [-0.05, 0) is 85.4 Å². The number of hydrogen-bond donors (Lipinski definition) is 0. The number of carbonyl (C=O) groups is 2. The highest BCUT2D eigenvalue weighted by Gasteiger charge is 2.31. The summed E-state index contributed by atoms with van der Waals surface area (Å²) in [4.78, 5) is 34.6. The lowest BCUT2D eigenvalue weighted by molar-refractivity contribution is 0.0124. The SMILES string of the molecule is Cc1ccc2nc(C)cc(C(=O)N3CCCC(CN(C(=O)OC(C)(C)C)C(C)C)C3)c2c1. The molecule has 1 aliphatic rings. The van der Waals surface area contributed by atoms with Crippen molar-refractivity contribution < 1.29 is 14.3 Å². The number of fused-ring (bicyclic) bond motifs is 1. The van der Waals surface area contributed by atoms with E-state index in [9.17, 15) is 9.59 Å². The van der Waals surface area contributed by atoms with Crippen LogP contribution in [0.4, 0.5) is 4.79 Å². The summed E-state index contributed by atoms with van der Waals surface area (Å²) in [5.74, 6) is 0.266. The molecule has 1 atom stereocenters. The number of hydrogen-bond acceptors (Lipinski definition) is 4. The summed E-state index contributed by atoms with van der Waals surface area (Å²) in [7, 11) is 0. The van der Waals surface area contributed by atoms with E-state index in [1.165, 1.54) is 0 Å². The van der Waals surface area contributed by atoms with Gasteiger partial charge >= 0.3 is 6.09 Å². The van der Waals surface area contributed by atoms with Gasteiger partial charge in [0.2, 0.25) is 0 Å². The Bertz CT molecular complexity index is 994. The van der Waals surface area contributed by atoms with Crippen molar-refractivity contribution >= 4 is 22.9 Å². The molecule has 1 aromatic carbocycles. The van der Waals surface area contributed by atoms with E-state index in [-0.39, 0.29) is 24.0 Å². The molecule has 0 spiro atoms. The Hall–Kier alpha value is -2.63. The second-order valence-electron chi connectivity index (χ2n) is 10.3. The summed E-state index contributed by atoms with van der Waals surface area (Å²) in [5.41, 5.74) is 2.98. The third-order valence-corrected chi connectivity index (χ3v) is 5.84. The molecule has 1 aliphatic heterocycles. The Kier molecular flexibility index (Phi) is 7.11. The minimum atomic E-state index is -0.531. The number of aromatic nitrogens is 1. The van der Waals surface area contributed by atoms with E-state index >= 15 is 0 Å². The molecule has 1 saturated heterocycles. The first-order chi connectivity index (χ1) is 14.9. The number of aryl methyl sites for hydroxylation is 2. The molecule has 0 saturated carbocycles. The molecule has 2 aromatic rings. The van der Waals surface area contributed by atoms with Crippen molar-refractivity contribution in [3.63, 3.8) is 0 Å². The van der Waals surface area contributed by atoms with Crippen molar-refractivity contribution in [2.24, 2.45) is 5.92 Å². The van der Waals surface area contributed by atoms with Gasteiger partial charge in [0.05, 0.1) is 11.1 Å². The summed E-state index contributed by atoms with van der Waals surface area (Å²) < 4.78 is 5.62. The minimum Gasteiger partial charge on any atom is -0.444 e. The molecule has 0 aliphatic carbocycles. The van der Waals surface area contributed by atoms with Crippen LogP contribution >= 0.6 is 0 Å². The fraction of sp³-hybridized carbons (Fsp3) is 0.577. The van der Waals surface area contributed by atoms with Gasteiger partial charge in [0, 0.05) is 36.8 Å². The molecule has 32 heavy (non-hydrogen) atoms. The third kappa shape index (κ3) is 5.78. The maximum atomic E-state index is 13.6. The van der Waals surface area contributed by atoms with Crippen LogP contribution in [0.1, 0.15) is 69.1 Å². The quantitative estimate of drug-likeness (QED) is 0.644. The molecular weight excluding hydrogens is 402 g/mol. The number of piperidine rings is 1. The number of likely N-dealkylation sites (tertiary alicyclic amines) is 1. The van der Waals surface area contributed by atoms with E-state index < -0.39 is 5.60 Å². The van der Waals surface area contributed by atoms with E-state index in [4.69, 9.17) is 4.74 Å². The molecule has 1 fully saturated rings. The van der Waals surface area contributed by atoms with Crippen molar-refractivity contribution in [3.8, 4) is 0 Å². The van der Waals surface area contributed by atoms with Gasteiger partial charge in [-0.1, -0.05) is 11.6 Å². The fourth-order valence-corrected chi connectivity index (χ4v) is 4.31. The average Bonchev–Trinajstić information content (AvgIpc) is 2.70. The third-order valence-electron chi connectivity index (χ3n) is 5.84. The van der Waals surface area contributed by atoms with Gasteiger partial charge in [-0.2, -0.15) is 0 Å². The van der Waals surface area contributed by atoms with Crippen molar-refractivity contribution in [2.75, 3.05) is 19.6 Å². The molecule has 1 aromatic heterocycles. The summed E-state index contributed by atoms with van der Waals surface area (Å²) >= 11 is 0. The molecule has 0 radical (unpaired) electrons. The van der Waals surface area contributed by atoms with Gasteiger partial charge in [0.1, 0.15) is 5.60 Å². The number of rotatable bonds is 4. The molecule has 6 heteroatoms. The van der Waals surface area contributed by atoms with E-state index in [1.807, 2.05) is 77.6 Å². The molecule has 1 unspecified atom stereocenters. The monoisotopic (exact) mass is 439 g/mol. The molecule has 0 N–H and O–H groups in total. The normalized spacial score (nSPS) is 17.0. The maximum Gasteiger partial charge on any atom is 0.410 e. The van der Waals surface area contributed by atoms with Crippen LogP contribution < -0.4 is 0 Å². The second-order valence-corrected chi connectivity index (χ2v) is 10.3. The van der Waals surface area contributed by atoms with Gasteiger partial charge in [0.25, 0.3) is 5.91 Å². The summed E-state index contributed by atoms with van der Waals surface area (Å²) in [6, 6.07) is 7.98. The van der Waals surface area contributed by atoms with Crippen LogP contribution in [0.3, 0.4) is 0 Å². The van der Waals surface area contributed by atoms with Gasteiger partial charge in [-0.25, -0.2) is 4.79 Å². The van der Waals surface area contributed by atoms with Crippen molar-refractivity contribution in [2.45, 2.75) is 73.0 Å². The predicted octanol–water partition coefficient (Wildman–Crippen LogP) is 5.35. The smallest absolute Gasteiger partial charge is 0.410 e. The Morgan fingerprint density at radius 2 is 1.94 bits per heavy atom. The van der Waals surface area contributed by atoms with E-state index in [0.29, 0.717) is 18.7 Å². The number of pyridine rings is 1. The first-order valence-corrected chi connectivity index (χ1v) is 11.6. The predicted molar refractivity (Wildman–Crippen MR) is 128 cm³/mol. The number of nitrogens with zero attached hydrogens (tertiary/aromatic N) is 3. The van der Waals surface area contributed by atoms with Gasteiger partial charge < -0.3 is 14.5 Å². The first kappa shape index (κ1) is 24.0. The first-order valence-electron chi connectivity index (χ1n) is 11.6. The van der Waals surface area contributed by atoms with E-state index in [1.54, 1.807) is 4.90 Å². The van der Waals surface area contributed by atoms with Crippen molar-refractivity contribution in [1.82, 2.24) is 14.8 Å². The lowest BCUT2D eigenvalue weighted by Crippen LogP contribution is -2.48. The van der Waals surface area contributed by atoms with Crippen LogP contribution in [0, 0.1) is 19.8 Å². The highest BCUT2D eigenvalue weighted by atomic mass is 16.6. The fourth-order valence-electron chi connectivity index (χ4n) is 4.31. The number of carbonyl (C=O) groups excluding carboxylic acids is 2. The topological polar surface area (TPSA) is 62.7 Å². The lowest BCUT2D eigenvalue weighted by Gasteiger charge is -2.37. The molecular formula is C26H37N3O3. The summed E-state index contributed by atoms with van der Waals surface area (Å²) in [6.07, 6.45) is 1.63. The van der Waals surface area contributed by atoms with Crippen LogP contribution in [0.2, 0.25) is 0 Å². The van der Waals surface area contributed by atoms with Crippen LogP contribution in [0.5, 0.6) is 0 Å². The van der Waals surface area contributed by atoms with E-state index in [2.05, 4.69) is 4.98 Å². The van der Waals surface area contributed by atoms with Gasteiger partial charge in [0.15, 0.2) is 0 Å². The minimum absolute atomic E-state index is 0.0331. The van der Waals surface area contributed by atoms with Crippen LogP contribution in [-0.2, 0) is 4.74 Å². The Balaban J connectivity index is 1.78. The Labute approximate surface area is 191 Å². The largest absolute Gasteiger partial charge is 0.444 e. The number of amides is 2. The molecule has 2 heterocycles. The highest BCUT2D eigenvalue weighted by Crippen LogP contribution is 2.25. The Morgan fingerprint density at radius 1 is 1.22 bits per heavy atom. The van der Waals surface area contributed by atoms with Crippen LogP contribution in [0.25, 0.3) is 10.9 Å². The average molecular weight is 440 g/mol. The Morgan fingerprint density at radius 3 is 2.59 bits per heavy atom. The van der Waals surface area contributed by atoms with Gasteiger partial charge in [-0.3, -0.25) is 9.78 Å². The number of ether oxygens (including phenoxy) is 1. The molecule has 3 rings (SSSR count). The molecule has 2 amide bonds. The molecule has 6 nitrogen and oxygen atoms in total. The van der Waals surface area contributed by atoms with Crippen LogP contribution in [-0.4, -0.2) is 58.1 Å². The van der Waals surface area contributed by atoms with Crippen molar-refractivity contribution in [1.29, 1.82) is 0 Å². The zero-order chi connectivity index (χ0) is 23.6. The highest BCUT2D eigenvalue weighted by molar-refractivity contribution is 6.06. The zero-order valence-electron chi connectivity index (χ0n) is 20.6.